The van der Waals surface area contributed by atoms with Crippen molar-refractivity contribution in [3.8, 4) is 39.5 Å². The molecule has 5 unspecified atom stereocenters. The van der Waals surface area contributed by atoms with Crippen LogP contribution in [0.3, 0.4) is 0 Å². The minimum atomic E-state index is -4.42. The van der Waals surface area contributed by atoms with E-state index in [2.05, 4.69) is 36.4 Å². The second kappa shape index (κ2) is 30.3. The van der Waals surface area contributed by atoms with Gasteiger partial charge < -0.3 is 14.2 Å². The van der Waals surface area contributed by atoms with Gasteiger partial charge in [-0.3, -0.25) is 0 Å². The number of rotatable bonds is 28. The number of unbranched alkanes of at least 4 members (excludes halogenated alkanes) is 1. The largest absolute Gasteiger partial charge is 0.497 e. The summed E-state index contributed by atoms with van der Waals surface area (Å²) in [5.41, 5.74) is 2.42. The molecule has 0 fully saturated rings. The number of benzene rings is 11. The predicted octanol–water partition coefficient (Wildman–Crippen LogP) is 22.6. The van der Waals surface area contributed by atoms with Crippen LogP contribution >= 0.6 is 0 Å². The number of aryl methyl sites for hydroxylation is 2. The number of hydrogen-bond donors (Lipinski definition) is 0. The van der Waals surface area contributed by atoms with Crippen LogP contribution in [-0.4, -0.2) is 21.3 Å². The minimum absolute atomic E-state index is 0.0305. The molecular weight excluding hydrogens is 1190 g/mol. The third kappa shape index (κ3) is 14.0. The van der Waals surface area contributed by atoms with E-state index >= 15 is 22.0 Å². The van der Waals surface area contributed by atoms with E-state index in [0.717, 1.165) is 59.1 Å². The zero-order chi connectivity index (χ0) is 66.5. The molecule has 0 N–H and O–H groups in total. The summed E-state index contributed by atoms with van der Waals surface area (Å²) in [5.74, 6) is -8.16. The maximum atomic E-state index is 21.9. The monoisotopic (exact) mass is 1270 g/mol. The first kappa shape index (κ1) is 66.9. The van der Waals surface area contributed by atoms with E-state index in [4.69, 9.17) is 14.2 Å². The lowest BCUT2D eigenvalue weighted by molar-refractivity contribution is -0.129. The molecule has 11 rings (SSSR count). The minimum Gasteiger partial charge on any atom is -0.497 e. The van der Waals surface area contributed by atoms with Crippen molar-refractivity contribution in [1.82, 2.24) is 0 Å². The van der Waals surface area contributed by atoms with E-state index in [9.17, 15) is 0 Å². The Labute approximate surface area is 558 Å². The Morgan fingerprint density at radius 2 is 0.937 bits per heavy atom. The van der Waals surface area contributed by atoms with Gasteiger partial charge in [-0.05, 0) is 173 Å². The molecule has 0 spiro atoms. The first-order chi connectivity index (χ1) is 46.2. The van der Waals surface area contributed by atoms with Crippen molar-refractivity contribution >= 4 is 0 Å². The average Bonchev–Trinajstić information content (AvgIpc) is 0.685. The SMILES string of the molecule is CCCC(Cc1ccc(-c2ccccc2)cc1)(c1ccc(CCCCc2ccccc2)cc1)C(Cc1ccccc1-c1ccccc1)(c1ccccc1)C(F)(F)c1c(F)c(C)c(F)c(C)c1C(F)C(c1cccc(OC)c1)C(Cc1ccccc1)c1cc(OC)cc(OC)c1. The van der Waals surface area contributed by atoms with Gasteiger partial charge in [0, 0.05) is 28.5 Å². The van der Waals surface area contributed by atoms with Gasteiger partial charge in [-0.15, -0.1) is 0 Å². The summed E-state index contributed by atoms with van der Waals surface area (Å²) < 4.78 is 119. The number of halogens is 5. The van der Waals surface area contributed by atoms with E-state index in [-0.39, 0.29) is 31.2 Å². The number of methoxy groups -OCH3 is 3. The standard InChI is InChI=1S/C87H83F5O3/c1-7-52-85(58-65-44-48-67(49-45-65)66-34-17-10-18-35-66,72-50-46-63(47-51-72)31-24-23-30-62-28-13-8-14-29-62)86(73-40-21-12-22-41-73,59-70-38-25-26-43-77(70)68-36-19-11-20-37-68)87(91,92)81-79(60(2)82(88)61(3)83(81)89)84(90)80(69-39-27-42-74(54-69)93-4)78(53-64-32-15-9-16-33-64)71-55-75(94-5)57-76(56-71)95-6/h8-22,25-29,32-51,54-57,78,80,84H,7,23-24,30-31,52-53,58-59H2,1-6H3. The Balaban J connectivity index is 1.23. The van der Waals surface area contributed by atoms with Crippen LogP contribution in [0, 0.1) is 25.5 Å². The van der Waals surface area contributed by atoms with E-state index < -0.39 is 68.6 Å². The van der Waals surface area contributed by atoms with Gasteiger partial charge in [0.2, 0.25) is 0 Å². The molecular formula is C87H83F5O3. The van der Waals surface area contributed by atoms with Crippen LogP contribution in [0.2, 0.25) is 0 Å². The highest BCUT2D eigenvalue weighted by molar-refractivity contribution is 5.69. The number of alkyl halides is 3. The topological polar surface area (TPSA) is 27.7 Å². The third-order valence-corrected chi connectivity index (χ3v) is 19.7. The predicted molar refractivity (Wildman–Crippen MR) is 377 cm³/mol. The molecule has 5 atom stereocenters. The van der Waals surface area contributed by atoms with Crippen LogP contribution in [0.15, 0.2) is 267 Å². The molecule has 0 amide bonds. The molecule has 0 bridgehead atoms. The smallest absolute Gasteiger partial charge is 0.287 e. The molecule has 0 saturated carbocycles. The second-order valence-corrected chi connectivity index (χ2v) is 25.3. The molecule has 8 heteroatoms. The normalized spacial score (nSPS) is 13.8. The second-order valence-electron chi connectivity index (χ2n) is 25.3. The van der Waals surface area contributed by atoms with Crippen LogP contribution in [0.5, 0.6) is 17.2 Å². The molecule has 0 radical (unpaired) electrons. The highest BCUT2D eigenvalue weighted by atomic mass is 19.3. The summed E-state index contributed by atoms with van der Waals surface area (Å²) in [6.45, 7) is 4.53. The molecule has 95 heavy (non-hydrogen) atoms. The molecule has 11 aromatic carbocycles. The number of ether oxygens (including phenoxy) is 3. The summed E-state index contributed by atoms with van der Waals surface area (Å²) in [6, 6.07) is 84.5. The van der Waals surface area contributed by atoms with Crippen LogP contribution < -0.4 is 14.2 Å². The van der Waals surface area contributed by atoms with E-state index in [1.54, 1.807) is 72.8 Å². The zero-order valence-corrected chi connectivity index (χ0v) is 55.1. The fourth-order valence-corrected chi connectivity index (χ4v) is 15.0. The van der Waals surface area contributed by atoms with Crippen molar-refractivity contribution in [2.45, 2.75) is 113 Å². The maximum Gasteiger partial charge on any atom is 0.287 e. The lowest BCUT2D eigenvalue weighted by atomic mass is 9.47. The molecule has 0 saturated heterocycles. The van der Waals surface area contributed by atoms with Gasteiger partial charge in [0.1, 0.15) is 35.1 Å². The Hall–Kier alpha value is -9.53. The van der Waals surface area contributed by atoms with Gasteiger partial charge in [0.05, 0.1) is 32.3 Å². The van der Waals surface area contributed by atoms with E-state index in [1.807, 2.05) is 165 Å². The van der Waals surface area contributed by atoms with Gasteiger partial charge in [0.25, 0.3) is 5.92 Å². The van der Waals surface area contributed by atoms with Crippen LogP contribution in [0.1, 0.15) is 123 Å². The highest BCUT2D eigenvalue weighted by Gasteiger charge is 2.68. The first-order valence-electron chi connectivity index (χ1n) is 33.1. The molecule has 0 aliphatic heterocycles. The lowest BCUT2D eigenvalue weighted by Crippen LogP contribution is -2.61. The van der Waals surface area contributed by atoms with Crippen molar-refractivity contribution in [3.05, 3.63) is 351 Å². The van der Waals surface area contributed by atoms with Crippen LogP contribution in [0.4, 0.5) is 22.0 Å². The summed E-state index contributed by atoms with van der Waals surface area (Å²) in [7, 11) is 4.55. The van der Waals surface area contributed by atoms with Crippen molar-refractivity contribution in [2.24, 2.45) is 0 Å². The number of hydrogen-bond acceptors (Lipinski definition) is 3. The van der Waals surface area contributed by atoms with Crippen molar-refractivity contribution in [2.75, 3.05) is 21.3 Å². The molecule has 0 aliphatic carbocycles. The van der Waals surface area contributed by atoms with Crippen molar-refractivity contribution < 1.29 is 36.2 Å². The van der Waals surface area contributed by atoms with Gasteiger partial charge in [-0.2, -0.15) is 0 Å². The Bertz CT molecular complexity index is 4260. The summed E-state index contributed by atoms with van der Waals surface area (Å²) in [5, 5.41) is 0. The Kier molecular flexibility index (Phi) is 21.3. The molecule has 0 aliphatic rings. The first-order valence-corrected chi connectivity index (χ1v) is 33.1. The van der Waals surface area contributed by atoms with E-state index in [1.165, 1.54) is 40.7 Å². The highest BCUT2D eigenvalue weighted by Crippen LogP contribution is 2.65. The van der Waals surface area contributed by atoms with Crippen molar-refractivity contribution in [3.63, 3.8) is 0 Å². The summed E-state index contributed by atoms with van der Waals surface area (Å²) >= 11 is 0. The fourth-order valence-electron chi connectivity index (χ4n) is 15.0. The van der Waals surface area contributed by atoms with Gasteiger partial charge in [-0.25, -0.2) is 22.0 Å². The van der Waals surface area contributed by atoms with Gasteiger partial charge in [0.15, 0.2) is 0 Å². The van der Waals surface area contributed by atoms with Crippen LogP contribution in [-0.2, 0) is 48.9 Å². The van der Waals surface area contributed by atoms with Crippen LogP contribution in [0.25, 0.3) is 22.3 Å². The third-order valence-electron chi connectivity index (χ3n) is 19.7. The zero-order valence-electron chi connectivity index (χ0n) is 55.1. The van der Waals surface area contributed by atoms with Crippen molar-refractivity contribution in [1.29, 1.82) is 0 Å². The van der Waals surface area contributed by atoms with E-state index in [0.29, 0.717) is 51.5 Å². The molecule has 11 aromatic rings. The van der Waals surface area contributed by atoms with Gasteiger partial charge in [-0.1, -0.05) is 250 Å². The quantitative estimate of drug-likeness (QED) is 0.0361. The molecule has 0 heterocycles. The Morgan fingerprint density at radius 1 is 0.432 bits per heavy atom. The average molecular weight is 1270 g/mol. The Morgan fingerprint density at radius 3 is 1.53 bits per heavy atom. The molecule has 0 aromatic heterocycles. The van der Waals surface area contributed by atoms with Gasteiger partial charge >= 0.3 is 0 Å². The molecule has 3 nitrogen and oxygen atoms in total. The summed E-state index contributed by atoms with van der Waals surface area (Å²) in [6.07, 6.45) is 1.37. The maximum absolute atomic E-state index is 21.9. The fraction of sp³-hybridized carbons (Fsp3) is 0.241. The summed E-state index contributed by atoms with van der Waals surface area (Å²) in [4.78, 5) is 0. The lowest BCUT2D eigenvalue weighted by Gasteiger charge is -2.56. The molecule has 484 valence electrons.